The first-order chi connectivity index (χ1) is 9.28. The van der Waals surface area contributed by atoms with E-state index in [1.165, 1.54) is 22.0 Å². The minimum Gasteiger partial charge on any atom is -0.343 e. The summed E-state index contributed by atoms with van der Waals surface area (Å²) >= 11 is 0. The molecule has 0 bridgehead atoms. The van der Waals surface area contributed by atoms with Crippen molar-refractivity contribution in [2.45, 2.75) is 13.5 Å². The van der Waals surface area contributed by atoms with Crippen molar-refractivity contribution in [2.24, 2.45) is 0 Å². The molecule has 2 nitrogen and oxygen atoms in total. The lowest BCUT2D eigenvalue weighted by Gasteiger charge is -2.06. The van der Waals surface area contributed by atoms with Gasteiger partial charge in [-0.15, -0.1) is 0 Å². The quantitative estimate of drug-likeness (QED) is 0.674. The summed E-state index contributed by atoms with van der Waals surface area (Å²) in [6.45, 7) is 2.97. The zero-order chi connectivity index (χ0) is 13.2. The van der Waals surface area contributed by atoms with Crippen LogP contribution < -0.4 is 0 Å². The lowest BCUT2D eigenvalue weighted by molar-refractivity contribution is 0.837. The van der Waals surface area contributed by atoms with Crippen molar-refractivity contribution >= 4 is 10.9 Å². The number of hydrogen-bond donors (Lipinski definition) is 0. The van der Waals surface area contributed by atoms with Gasteiger partial charge in [0.15, 0.2) is 0 Å². The molecule has 0 aliphatic rings. The molecule has 0 fully saturated rings. The minimum atomic E-state index is 0.706. The maximum atomic E-state index is 8.80. The predicted molar refractivity (Wildman–Crippen MR) is 76.9 cm³/mol. The normalized spacial score (nSPS) is 10.5. The summed E-state index contributed by atoms with van der Waals surface area (Å²) in [6, 6.07) is 18.4. The first-order valence-corrected chi connectivity index (χ1v) is 6.31. The fourth-order valence-electron chi connectivity index (χ4n) is 2.40. The Hall–Kier alpha value is -2.53. The Morgan fingerprint density at radius 2 is 1.84 bits per heavy atom. The molecule has 3 rings (SSSR count). The van der Waals surface area contributed by atoms with Crippen LogP contribution in [0.3, 0.4) is 0 Å². The molecule has 0 spiro atoms. The molecule has 2 aromatic carbocycles. The van der Waals surface area contributed by atoms with E-state index in [9.17, 15) is 0 Å². The van der Waals surface area contributed by atoms with Gasteiger partial charge in [0.1, 0.15) is 0 Å². The van der Waals surface area contributed by atoms with E-state index in [0.29, 0.717) is 5.56 Å². The number of rotatable bonds is 2. The van der Waals surface area contributed by atoms with Gasteiger partial charge in [-0.2, -0.15) is 5.26 Å². The molecule has 19 heavy (non-hydrogen) atoms. The maximum absolute atomic E-state index is 8.80. The first-order valence-electron chi connectivity index (χ1n) is 6.31. The Morgan fingerprint density at radius 1 is 1.05 bits per heavy atom. The molecule has 0 aliphatic carbocycles. The Kier molecular flexibility index (Phi) is 2.81. The predicted octanol–water partition coefficient (Wildman–Crippen LogP) is 3.87. The van der Waals surface area contributed by atoms with E-state index in [-0.39, 0.29) is 0 Å². The molecule has 3 aromatic rings. The van der Waals surface area contributed by atoms with Crippen LogP contribution in [0.25, 0.3) is 10.9 Å². The van der Waals surface area contributed by atoms with E-state index < -0.39 is 0 Å². The summed E-state index contributed by atoms with van der Waals surface area (Å²) in [7, 11) is 0. The molecule has 0 unspecified atom stereocenters. The van der Waals surface area contributed by atoms with Crippen LogP contribution in [0, 0.1) is 18.3 Å². The van der Waals surface area contributed by atoms with E-state index in [0.717, 1.165) is 6.54 Å². The van der Waals surface area contributed by atoms with Crippen molar-refractivity contribution in [3.63, 3.8) is 0 Å². The summed E-state index contributed by atoms with van der Waals surface area (Å²) in [5.41, 5.74) is 4.47. The second-order valence-electron chi connectivity index (χ2n) is 4.76. The summed E-state index contributed by atoms with van der Waals surface area (Å²) in [6.07, 6.45) is 2.12. The molecule has 1 aromatic heterocycles. The second-order valence-corrected chi connectivity index (χ2v) is 4.76. The van der Waals surface area contributed by atoms with Gasteiger partial charge >= 0.3 is 0 Å². The highest BCUT2D eigenvalue weighted by atomic mass is 14.9. The van der Waals surface area contributed by atoms with E-state index in [1.807, 2.05) is 24.3 Å². The third-order valence-corrected chi connectivity index (χ3v) is 3.47. The molecular formula is C17H14N2. The van der Waals surface area contributed by atoms with Gasteiger partial charge in [-0.25, -0.2) is 0 Å². The average Bonchev–Trinajstić information content (AvgIpc) is 2.84. The fourth-order valence-corrected chi connectivity index (χ4v) is 2.40. The van der Waals surface area contributed by atoms with Gasteiger partial charge in [0.2, 0.25) is 0 Å². The van der Waals surface area contributed by atoms with Crippen molar-refractivity contribution in [2.75, 3.05) is 0 Å². The van der Waals surface area contributed by atoms with Crippen LogP contribution in [-0.2, 0) is 6.54 Å². The Morgan fingerprint density at radius 3 is 2.58 bits per heavy atom. The molecule has 1 heterocycles. The lowest BCUT2D eigenvalue weighted by atomic mass is 10.1. The molecule has 0 atom stereocenters. The molecule has 0 saturated carbocycles. The lowest BCUT2D eigenvalue weighted by Crippen LogP contribution is -1.97. The zero-order valence-corrected chi connectivity index (χ0v) is 10.8. The van der Waals surface area contributed by atoms with Gasteiger partial charge in [-0.3, -0.25) is 0 Å². The molecule has 2 heteroatoms. The number of benzene rings is 2. The van der Waals surface area contributed by atoms with E-state index in [4.69, 9.17) is 5.26 Å². The highest BCUT2D eigenvalue weighted by Gasteiger charge is 2.03. The number of aromatic nitrogens is 1. The van der Waals surface area contributed by atoms with Gasteiger partial charge in [0.05, 0.1) is 11.6 Å². The topological polar surface area (TPSA) is 28.7 Å². The fraction of sp³-hybridized carbons (Fsp3) is 0.118. The van der Waals surface area contributed by atoms with Gasteiger partial charge in [-0.1, -0.05) is 24.3 Å². The van der Waals surface area contributed by atoms with Crippen LogP contribution in [0.1, 0.15) is 16.7 Å². The van der Waals surface area contributed by atoms with E-state index >= 15 is 0 Å². The highest BCUT2D eigenvalue weighted by molar-refractivity contribution is 5.83. The Balaban J connectivity index is 1.97. The standard InChI is InChI=1S/C17H14N2/c1-13-3-2-4-17-16(13)9-10-19(17)12-15-7-5-14(11-18)6-8-15/h2-10H,12H2,1H3. The van der Waals surface area contributed by atoms with E-state index in [1.54, 1.807) is 0 Å². The highest BCUT2D eigenvalue weighted by Crippen LogP contribution is 2.20. The van der Waals surface area contributed by atoms with Crippen LogP contribution >= 0.6 is 0 Å². The SMILES string of the molecule is Cc1cccc2c1ccn2Cc1ccc(C#N)cc1. The summed E-state index contributed by atoms with van der Waals surface area (Å²) < 4.78 is 2.24. The minimum absolute atomic E-state index is 0.706. The monoisotopic (exact) mass is 246 g/mol. The third-order valence-electron chi connectivity index (χ3n) is 3.47. The number of hydrogen-bond acceptors (Lipinski definition) is 1. The molecule has 0 aliphatic heterocycles. The summed E-state index contributed by atoms with van der Waals surface area (Å²) in [4.78, 5) is 0. The smallest absolute Gasteiger partial charge is 0.0991 e. The molecule has 0 saturated heterocycles. The number of fused-ring (bicyclic) bond motifs is 1. The van der Waals surface area contributed by atoms with Gasteiger partial charge in [0, 0.05) is 23.6 Å². The maximum Gasteiger partial charge on any atom is 0.0991 e. The molecule has 92 valence electrons. The molecule has 0 radical (unpaired) electrons. The summed E-state index contributed by atoms with van der Waals surface area (Å²) in [5, 5.41) is 10.1. The molecule has 0 amide bonds. The largest absolute Gasteiger partial charge is 0.343 e. The summed E-state index contributed by atoms with van der Waals surface area (Å²) in [5.74, 6) is 0. The number of nitrogens with zero attached hydrogens (tertiary/aromatic N) is 2. The van der Waals surface area contributed by atoms with Crippen LogP contribution in [0.5, 0.6) is 0 Å². The van der Waals surface area contributed by atoms with Crippen molar-refractivity contribution in [3.8, 4) is 6.07 Å². The number of aryl methyl sites for hydroxylation is 1. The zero-order valence-electron chi connectivity index (χ0n) is 10.8. The average molecular weight is 246 g/mol. The number of nitriles is 1. The van der Waals surface area contributed by atoms with Gasteiger partial charge < -0.3 is 4.57 Å². The van der Waals surface area contributed by atoms with Crippen LogP contribution in [0.2, 0.25) is 0 Å². The van der Waals surface area contributed by atoms with Crippen molar-refractivity contribution in [1.29, 1.82) is 5.26 Å². The van der Waals surface area contributed by atoms with Crippen molar-refractivity contribution in [1.82, 2.24) is 4.57 Å². The van der Waals surface area contributed by atoms with Crippen LogP contribution in [-0.4, -0.2) is 4.57 Å². The third kappa shape index (κ3) is 2.11. The Labute approximate surface area is 112 Å². The second kappa shape index (κ2) is 4.62. The first kappa shape index (κ1) is 11.6. The van der Waals surface area contributed by atoms with Crippen LogP contribution in [0.15, 0.2) is 54.7 Å². The van der Waals surface area contributed by atoms with Crippen molar-refractivity contribution < 1.29 is 0 Å². The van der Waals surface area contributed by atoms with Gasteiger partial charge in [-0.05, 0) is 42.3 Å². The Bertz CT molecular complexity index is 758. The van der Waals surface area contributed by atoms with Gasteiger partial charge in [0.25, 0.3) is 0 Å². The van der Waals surface area contributed by atoms with Crippen LogP contribution in [0.4, 0.5) is 0 Å². The molecular weight excluding hydrogens is 232 g/mol. The van der Waals surface area contributed by atoms with E-state index in [2.05, 4.69) is 48.0 Å². The molecule has 0 N–H and O–H groups in total. The van der Waals surface area contributed by atoms with Crippen molar-refractivity contribution in [3.05, 3.63) is 71.4 Å².